The van der Waals surface area contributed by atoms with E-state index in [1.807, 2.05) is 0 Å². The van der Waals surface area contributed by atoms with Gasteiger partial charge in [-0.15, -0.1) is 0 Å². The molecule has 0 bridgehead atoms. The lowest BCUT2D eigenvalue weighted by molar-refractivity contribution is -0.144. The van der Waals surface area contributed by atoms with Crippen molar-refractivity contribution in [2.75, 3.05) is 0 Å². The third kappa shape index (κ3) is 10.4. The number of rotatable bonds is 9. The summed E-state index contributed by atoms with van der Waals surface area (Å²) in [6.07, 6.45) is -4.91. The molecular formula is C26H31F7N6O2. The van der Waals surface area contributed by atoms with Gasteiger partial charge in [-0.3, -0.25) is 14.3 Å². The Morgan fingerprint density at radius 2 is 1.80 bits per heavy atom. The van der Waals surface area contributed by atoms with Gasteiger partial charge in [-0.2, -0.15) is 18.3 Å². The van der Waals surface area contributed by atoms with Gasteiger partial charge in [0.05, 0.1) is 35.8 Å². The van der Waals surface area contributed by atoms with E-state index < -0.39 is 49.7 Å². The number of fused-ring (bicyclic) bond motifs is 1. The second-order valence-electron chi connectivity index (χ2n) is 9.74. The van der Waals surface area contributed by atoms with Crippen LogP contribution in [0.25, 0.3) is 11.0 Å². The predicted octanol–water partition coefficient (Wildman–Crippen LogP) is 5.81. The summed E-state index contributed by atoms with van der Waals surface area (Å²) in [7, 11) is 0. The van der Waals surface area contributed by atoms with E-state index in [0.717, 1.165) is 11.1 Å². The Hall–Kier alpha value is -3.65. The van der Waals surface area contributed by atoms with Crippen LogP contribution >= 0.6 is 0 Å². The molecule has 0 spiro atoms. The van der Waals surface area contributed by atoms with Crippen molar-refractivity contribution in [2.24, 2.45) is 0 Å². The maximum absolute atomic E-state index is 12.5. The maximum Gasteiger partial charge on any atom is 0.389 e. The fraction of sp³-hybridized carbons (Fsp3) is 0.538. The Morgan fingerprint density at radius 1 is 1.10 bits per heavy atom. The number of carbonyl (C=O) groups is 2. The van der Waals surface area contributed by atoms with E-state index >= 15 is 0 Å². The average Bonchev–Trinajstić information content (AvgIpc) is 3.46. The number of aromatic nitrogens is 4. The van der Waals surface area contributed by atoms with Gasteiger partial charge in [-0.1, -0.05) is 12.5 Å². The van der Waals surface area contributed by atoms with Crippen LogP contribution in [0.4, 0.5) is 30.7 Å². The quantitative estimate of drug-likeness (QED) is 0.273. The van der Waals surface area contributed by atoms with Crippen molar-refractivity contribution in [1.82, 2.24) is 30.4 Å². The van der Waals surface area contributed by atoms with Gasteiger partial charge in [-0.25, -0.2) is 22.5 Å². The van der Waals surface area contributed by atoms with Crippen LogP contribution in [0.5, 0.6) is 0 Å². The minimum absolute atomic E-state index is 0.0382. The van der Waals surface area contributed by atoms with Crippen LogP contribution in [-0.4, -0.2) is 50.1 Å². The van der Waals surface area contributed by atoms with Crippen molar-refractivity contribution in [3.05, 3.63) is 47.0 Å². The standard InChI is InChI=1S/C20H21F5N6O2.C6H10F2/c1-11-13(8-28-31(11)10-16(21)22)19(33)27-9-17-29-14-3-2-12(6-15(14)30-17)7-26-18(32)4-5-20(23,24)25;7-6(8)4-2-1-3-5-6/h2-3,6,8,16H,4-5,7,9-10H2,1H3,(H,26,32)(H,27,33)(H,29,30);1-5H2. The molecule has 1 saturated carbocycles. The SMILES string of the molecule is Cc1c(C(=O)NCc2nc3ccc(CNC(=O)CCC(F)(F)F)cc3[nH]2)cnn1CC(F)F.FC1(F)CCCCC1. The van der Waals surface area contributed by atoms with Crippen LogP contribution in [0, 0.1) is 6.92 Å². The first kappa shape index (κ1) is 31.9. The summed E-state index contributed by atoms with van der Waals surface area (Å²) in [5.74, 6) is -3.08. The molecule has 226 valence electrons. The Balaban J connectivity index is 0.000000496. The molecule has 1 fully saturated rings. The number of carbonyl (C=O) groups excluding carboxylic acids is 2. The zero-order valence-corrected chi connectivity index (χ0v) is 22.3. The zero-order chi connectivity index (χ0) is 30.2. The Kier molecular flexibility index (Phi) is 10.7. The van der Waals surface area contributed by atoms with Crippen molar-refractivity contribution >= 4 is 22.8 Å². The van der Waals surface area contributed by atoms with Gasteiger partial charge in [0.1, 0.15) is 12.4 Å². The third-order valence-electron chi connectivity index (χ3n) is 6.38. The monoisotopic (exact) mass is 592 g/mol. The van der Waals surface area contributed by atoms with Crippen LogP contribution in [0.15, 0.2) is 24.4 Å². The number of imidazole rings is 1. The molecule has 0 aliphatic heterocycles. The molecule has 1 aromatic carbocycles. The van der Waals surface area contributed by atoms with E-state index in [1.165, 1.54) is 13.1 Å². The molecule has 0 radical (unpaired) electrons. The number of amides is 2. The van der Waals surface area contributed by atoms with E-state index in [0.29, 0.717) is 41.0 Å². The zero-order valence-electron chi connectivity index (χ0n) is 22.3. The predicted molar refractivity (Wildman–Crippen MR) is 135 cm³/mol. The summed E-state index contributed by atoms with van der Waals surface area (Å²) in [4.78, 5) is 31.3. The molecule has 3 N–H and O–H groups in total. The second kappa shape index (κ2) is 13.8. The van der Waals surface area contributed by atoms with Gasteiger partial charge in [-0.05, 0) is 37.5 Å². The molecule has 0 atom stereocenters. The van der Waals surface area contributed by atoms with E-state index in [2.05, 4.69) is 25.7 Å². The summed E-state index contributed by atoms with van der Waals surface area (Å²) >= 11 is 0. The van der Waals surface area contributed by atoms with E-state index in [4.69, 9.17) is 0 Å². The van der Waals surface area contributed by atoms with Crippen molar-refractivity contribution in [1.29, 1.82) is 0 Å². The summed E-state index contributed by atoms with van der Waals surface area (Å²) in [6, 6.07) is 5.04. The van der Waals surface area contributed by atoms with E-state index in [1.54, 1.807) is 18.2 Å². The van der Waals surface area contributed by atoms with Gasteiger partial charge in [0.25, 0.3) is 12.3 Å². The molecule has 15 heteroatoms. The normalized spacial score (nSPS) is 15.0. The van der Waals surface area contributed by atoms with Gasteiger partial charge in [0.15, 0.2) is 0 Å². The number of H-pyrrole nitrogens is 1. The summed E-state index contributed by atoms with van der Waals surface area (Å²) < 4.78 is 87.1. The summed E-state index contributed by atoms with van der Waals surface area (Å²) in [6.45, 7) is 1.01. The molecule has 8 nitrogen and oxygen atoms in total. The fourth-order valence-corrected chi connectivity index (χ4v) is 4.16. The van der Waals surface area contributed by atoms with Crippen molar-refractivity contribution in [3.8, 4) is 0 Å². The molecule has 2 heterocycles. The first-order valence-corrected chi connectivity index (χ1v) is 13.0. The van der Waals surface area contributed by atoms with Gasteiger partial charge < -0.3 is 15.6 Å². The minimum Gasteiger partial charge on any atom is -0.352 e. The van der Waals surface area contributed by atoms with Crippen LogP contribution in [0.2, 0.25) is 0 Å². The molecular weight excluding hydrogens is 561 g/mol. The van der Waals surface area contributed by atoms with Crippen LogP contribution in [-0.2, 0) is 24.4 Å². The molecule has 2 aromatic heterocycles. The highest BCUT2D eigenvalue weighted by atomic mass is 19.4. The number of benzene rings is 1. The topological polar surface area (TPSA) is 105 Å². The minimum atomic E-state index is -4.39. The van der Waals surface area contributed by atoms with E-state index in [9.17, 15) is 40.3 Å². The smallest absolute Gasteiger partial charge is 0.352 e. The lowest BCUT2D eigenvalue weighted by atomic mass is 9.97. The van der Waals surface area contributed by atoms with Crippen LogP contribution in [0.1, 0.15) is 72.4 Å². The summed E-state index contributed by atoms with van der Waals surface area (Å²) in [5, 5.41) is 8.87. The molecule has 2 amide bonds. The van der Waals surface area contributed by atoms with Crippen LogP contribution in [0.3, 0.4) is 0 Å². The molecule has 1 aliphatic carbocycles. The lowest BCUT2D eigenvalue weighted by Crippen LogP contribution is -2.24. The fourth-order valence-electron chi connectivity index (χ4n) is 4.16. The second-order valence-corrected chi connectivity index (χ2v) is 9.74. The molecule has 0 unspecified atom stereocenters. The first-order chi connectivity index (χ1) is 19.2. The van der Waals surface area contributed by atoms with Crippen molar-refractivity contribution in [2.45, 2.75) is 90.0 Å². The molecule has 3 aromatic rings. The number of aromatic amines is 1. The Labute approximate surface area is 231 Å². The van der Waals surface area contributed by atoms with Crippen molar-refractivity contribution in [3.63, 3.8) is 0 Å². The molecule has 0 saturated heterocycles. The number of hydrogen-bond acceptors (Lipinski definition) is 4. The molecule has 41 heavy (non-hydrogen) atoms. The van der Waals surface area contributed by atoms with Gasteiger partial charge in [0.2, 0.25) is 11.8 Å². The maximum atomic E-state index is 12.5. The highest BCUT2D eigenvalue weighted by Crippen LogP contribution is 2.32. The highest BCUT2D eigenvalue weighted by Gasteiger charge is 2.30. The number of alkyl halides is 7. The third-order valence-corrected chi connectivity index (χ3v) is 6.38. The number of halogens is 7. The number of nitrogens with zero attached hydrogens (tertiary/aromatic N) is 3. The lowest BCUT2D eigenvalue weighted by Gasteiger charge is -2.20. The first-order valence-electron chi connectivity index (χ1n) is 13.0. The Morgan fingerprint density at radius 3 is 2.41 bits per heavy atom. The van der Waals surface area contributed by atoms with E-state index in [-0.39, 0.29) is 31.5 Å². The van der Waals surface area contributed by atoms with Gasteiger partial charge in [0, 0.05) is 31.5 Å². The summed E-state index contributed by atoms with van der Waals surface area (Å²) in [5.41, 5.74) is 2.35. The average molecular weight is 593 g/mol. The van der Waals surface area contributed by atoms with Crippen molar-refractivity contribution < 1.29 is 40.3 Å². The van der Waals surface area contributed by atoms with Gasteiger partial charge >= 0.3 is 6.18 Å². The number of nitrogens with one attached hydrogen (secondary N) is 3. The largest absolute Gasteiger partial charge is 0.389 e. The number of hydrogen-bond donors (Lipinski definition) is 3. The molecule has 1 aliphatic rings. The Bertz CT molecular complexity index is 1310. The van der Waals surface area contributed by atoms with Crippen LogP contribution < -0.4 is 10.6 Å². The molecule has 4 rings (SSSR count). The highest BCUT2D eigenvalue weighted by molar-refractivity contribution is 5.95.